The van der Waals surface area contributed by atoms with Crippen LogP contribution in [0.1, 0.15) is 310 Å². The average molecular weight is 1550 g/mol. The van der Waals surface area contributed by atoms with Gasteiger partial charge in [0, 0.05) is 25.7 Å². The van der Waals surface area contributed by atoms with Crippen LogP contribution < -0.4 is 0 Å². The third kappa shape index (κ3) is 78.5. The number of unbranched alkanes of at least 4 members (excludes halogenated alkanes) is 22. The number of ether oxygens (including phenoxy) is 4. The van der Waals surface area contributed by atoms with Gasteiger partial charge in [0.2, 0.25) is 0 Å². The van der Waals surface area contributed by atoms with E-state index in [9.17, 15) is 43.2 Å². The predicted octanol–water partition coefficient (Wildman–Crippen LogP) is 24.6. The molecule has 0 bridgehead atoms. The number of esters is 4. The second-order valence-electron chi connectivity index (χ2n) is 26.9. The number of hydrogen-bond acceptors (Lipinski definition) is 15. The van der Waals surface area contributed by atoms with E-state index in [-0.39, 0.29) is 25.7 Å². The highest BCUT2D eigenvalue weighted by molar-refractivity contribution is 7.47. The molecule has 0 saturated heterocycles. The molecule has 0 spiro atoms. The summed E-state index contributed by atoms with van der Waals surface area (Å²) in [6, 6.07) is 0. The predicted molar refractivity (Wildman–Crippen MR) is 445 cm³/mol. The second kappa shape index (κ2) is 79.5. The smallest absolute Gasteiger partial charge is 0.462 e. The summed E-state index contributed by atoms with van der Waals surface area (Å²) in [6.07, 6.45) is 94.8. The summed E-state index contributed by atoms with van der Waals surface area (Å²) >= 11 is 0. The van der Waals surface area contributed by atoms with Gasteiger partial charge >= 0.3 is 39.5 Å². The first-order valence-electron chi connectivity index (χ1n) is 41.4. The van der Waals surface area contributed by atoms with Gasteiger partial charge in [-0.3, -0.25) is 37.3 Å². The topological polar surface area (TPSA) is 237 Å². The van der Waals surface area contributed by atoms with Gasteiger partial charge in [0.05, 0.1) is 26.4 Å². The molecule has 0 aliphatic heterocycles. The third-order valence-electron chi connectivity index (χ3n) is 16.7. The van der Waals surface area contributed by atoms with Gasteiger partial charge in [-0.05, 0) is 141 Å². The third-order valence-corrected chi connectivity index (χ3v) is 18.6. The van der Waals surface area contributed by atoms with E-state index in [0.29, 0.717) is 32.1 Å². The molecule has 108 heavy (non-hydrogen) atoms. The van der Waals surface area contributed by atoms with Crippen LogP contribution in [0, 0.1) is 0 Å². The Hall–Kier alpha value is -5.58. The van der Waals surface area contributed by atoms with Crippen molar-refractivity contribution in [2.45, 2.75) is 329 Å². The Morgan fingerprint density at radius 1 is 0.269 bits per heavy atom. The quantitative estimate of drug-likeness (QED) is 0.0169. The molecule has 17 nitrogen and oxygen atoms in total. The minimum Gasteiger partial charge on any atom is -0.462 e. The molecule has 0 rings (SSSR count). The van der Waals surface area contributed by atoms with E-state index in [1.165, 1.54) is 51.4 Å². The van der Waals surface area contributed by atoms with Crippen molar-refractivity contribution in [1.29, 1.82) is 0 Å². The largest absolute Gasteiger partial charge is 0.472 e. The Kier molecular flexibility index (Phi) is 75.4. The van der Waals surface area contributed by atoms with Gasteiger partial charge in [-0.1, -0.05) is 313 Å². The maximum atomic E-state index is 13.1. The molecule has 0 radical (unpaired) electrons. The molecule has 0 fully saturated rings. The van der Waals surface area contributed by atoms with E-state index < -0.39 is 97.5 Å². The lowest BCUT2D eigenvalue weighted by atomic mass is 10.0. The SMILES string of the molecule is CC/C=C\C/C=C\C/C=C\C/C=C\C/C=C\C/C=C\CCC(=O)OCC(COP(=O)(O)OCC(O)COP(=O)(O)OCC(COC(=O)CCCCCCCCC/C=C\C/C=C\C/C=C\CC)OC(=O)CCCCCCCCCCCCCCC)OC(=O)CCCCC/C=C\C/C=C\C/C=C\C/C=C\C/C=C\CC. The number of phosphoric acid groups is 2. The van der Waals surface area contributed by atoms with Crippen LogP contribution in [0.2, 0.25) is 0 Å². The van der Waals surface area contributed by atoms with Gasteiger partial charge in [-0.15, -0.1) is 0 Å². The first kappa shape index (κ1) is 102. The minimum atomic E-state index is -5.01. The van der Waals surface area contributed by atoms with Crippen LogP contribution in [0.15, 0.2) is 170 Å². The van der Waals surface area contributed by atoms with E-state index in [0.717, 1.165) is 173 Å². The van der Waals surface area contributed by atoms with Gasteiger partial charge in [0.15, 0.2) is 12.2 Å². The van der Waals surface area contributed by atoms with Crippen LogP contribution in [0.5, 0.6) is 0 Å². The van der Waals surface area contributed by atoms with E-state index >= 15 is 0 Å². The zero-order chi connectivity index (χ0) is 78.9. The van der Waals surface area contributed by atoms with Crippen molar-refractivity contribution in [3.8, 4) is 0 Å². The molecule has 0 aliphatic carbocycles. The van der Waals surface area contributed by atoms with E-state index in [1.807, 2.05) is 18.2 Å². The lowest BCUT2D eigenvalue weighted by molar-refractivity contribution is -0.161. The first-order valence-corrected chi connectivity index (χ1v) is 44.4. The van der Waals surface area contributed by atoms with Gasteiger partial charge in [-0.2, -0.15) is 0 Å². The maximum absolute atomic E-state index is 13.1. The Bertz CT molecular complexity index is 2710. The molecule has 5 unspecified atom stereocenters. The summed E-state index contributed by atoms with van der Waals surface area (Å²) in [7, 11) is -10.0. The summed E-state index contributed by atoms with van der Waals surface area (Å²) in [5.74, 6) is -2.32. The molecule has 0 heterocycles. The zero-order valence-corrected chi connectivity index (χ0v) is 69.0. The van der Waals surface area contributed by atoms with Crippen LogP contribution in [0.25, 0.3) is 0 Å². The van der Waals surface area contributed by atoms with Gasteiger partial charge in [0.25, 0.3) is 0 Å². The highest BCUT2D eigenvalue weighted by Crippen LogP contribution is 2.45. The molecule has 0 aromatic rings. The Labute approximate surface area is 654 Å². The van der Waals surface area contributed by atoms with Crippen molar-refractivity contribution in [3.05, 3.63) is 170 Å². The molecule has 0 aromatic heterocycles. The molecular formula is C89H146O17P2. The summed E-state index contributed by atoms with van der Waals surface area (Å²) in [5.41, 5.74) is 0. The standard InChI is InChI=1S/C89H146O17P2/c1-5-9-13-17-21-25-29-33-36-39-41-44-47-51-54-58-62-66-70-74-87(92)100-80-85(106-89(94)76-72-68-64-60-56-52-48-45-42-40-37-34-30-26-22-18-14-10-6-2)82-104-108(97,98)102-78-83(90)77-101-107(95,96)103-81-84(105-88(93)75-71-67-63-59-55-49-32-28-24-20-16-12-8-4)79-99-86(91)73-69-65-61-57-53-50-46-43-38-35-31-27-23-19-15-11-7-3/h9-11,13-15,21-23,25-27,33-38,41-42,44-45,51-52,54,56,62,66,83-85,90H,5-8,12,16-20,24,28-32,39-40,43,46-50,53,55,57-61,63-65,67-82H2,1-4H3,(H,95,96)(H,97,98)/b13-9-,14-10-,15-11-,25-21-,26-22-,27-23-,36-33-,37-34-,38-35-,44-41-,45-42-,54-51-,56-52-,66-62-. The van der Waals surface area contributed by atoms with Gasteiger partial charge in [-0.25, -0.2) is 9.13 Å². The van der Waals surface area contributed by atoms with Gasteiger partial charge < -0.3 is 33.8 Å². The average Bonchev–Trinajstić information content (AvgIpc) is 0.892. The van der Waals surface area contributed by atoms with Gasteiger partial charge in [0.1, 0.15) is 19.3 Å². The number of rotatable bonds is 76. The molecule has 5 atom stereocenters. The number of carbonyl (C=O) groups is 4. The molecule has 614 valence electrons. The van der Waals surface area contributed by atoms with Crippen LogP contribution in [-0.4, -0.2) is 96.7 Å². The van der Waals surface area contributed by atoms with Crippen molar-refractivity contribution in [1.82, 2.24) is 0 Å². The number of allylic oxidation sites excluding steroid dienone is 28. The van der Waals surface area contributed by atoms with Crippen molar-refractivity contribution in [2.75, 3.05) is 39.6 Å². The normalized spacial score (nSPS) is 14.7. The Balaban J connectivity index is 5.48. The van der Waals surface area contributed by atoms with E-state index in [2.05, 4.69) is 180 Å². The number of aliphatic hydroxyl groups is 1. The number of phosphoric ester groups is 2. The first-order chi connectivity index (χ1) is 52.7. The van der Waals surface area contributed by atoms with Crippen molar-refractivity contribution < 1.29 is 80.2 Å². The number of carbonyl (C=O) groups excluding carboxylic acids is 4. The summed E-state index contributed by atoms with van der Waals surface area (Å²) in [5, 5.41) is 10.7. The second-order valence-corrected chi connectivity index (χ2v) is 29.8. The lowest BCUT2D eigenvalue weighted by Crippen LogP contribution is -2.30. The number of aliphatic hydroxyl groups excluding tert-OH is 1. The lowest BCUT2D eigenvalue weighted by Gasteiger charge is -2.21. The summed E-state index contributed by atoms with van der Waals surface area (Å²) in [6.45, 7) is 4.41. The highest BCUT2D eigenvalue weighted by atomic mass is 31.2. The molecule has 19 heteroatoms. The zero-order valence-electron chi connectivity index (χ0n) is 67.2. The Morgan fingerprint density at radius 2 is 0.500 bits per heavy atom. The van der Waals surface area contributed by atoms with Crippen LogP contribution in [0.3, 0.4) is 0 Å². The van der Waals surface area contributed by atoms with Crippen LogP contribution in [0.4, 0.5) is 0 Å². The summed E-state index contributed by atoms with van der Waals surface area (Å²) < 4.78 is 68.6. The van der Waals surface area contributed by atoms with E-state index in [1.54, 1.807) is 0 Å². The van der Waals surface area contributed by atoms with E-state index in [4.69, 9.17) is 37.0 Å². The fourth-order valence-corrected chi connectivity index (χ4v) is 12.1. The fourth-order valence-electron chi connectivity index (χ4n) is 10.5. The molecule has 0 amide bonds. The van der Waals surface area contributed by atoms with Crippen molar-refractivity contribution in [3.63, 3.8) is 0 Å². The number of hydrogen-bond donors (Lipinski definition) is 3. The Morgan fingerprint density at radius 3 is 0.806 bits per heavy atom. The van der Waals surface area contributed by atoms with Crippen LogP contribution in [-0.2, 0) is 65.4 Å². The molecular weight excluding hydrogens is 1400 g/mol. The minimum absolute atomic E-state index is 0.0227. The molecule has 0 aromatic carbocycles. The fraction of sp³-hybridized carbons (Fsp3) is 0.640. The van der Waals surface area contributed by atoms with Crippen LogP contribution >= 0.6 is 15.6 Å². The molecule has 3 N–H and O–H groups in total. The van der Waals surface area contributed by atoms with Crippen molar-refractivity contribution in [2.24, 2.45) is 0 Å². The molecule has 0 aliphatic rings. The highest BCUT2D eigenvalue weighted by Gasteiger charge is 2.30. The van der Waals surface area contributed by atoms with Crippen molar-refractivity contribution >= 4 is 39.5 Å². The summed E-state index contributed by atoms with van der Waals surface area (Å²) in [4.78, 5) is 73.1. The molecule has 0 saturated carbocycles. The maximum Gasteiger partial charge on any atom is 0.472 e. The monoisotopic (exact) mass is 1550 g/mol.